The van der Waals surface area contributed by atoms with E-state index in [1.807, 2.05) is 24.3 Å². The third-order valence-corrected chi connectivity index (χ3v) is 7.00. The number of hydrogen-bond donors (Lipinski definition) is 2. The standard InChI is InChI=1S/C29H29FN8O2/c1-19(39)32-23-12-16-37(17-13-23)18-20-6-8-22(9-7-20)28-33-29(40-35-28)26-27(21-10-14-31-15-11-21)38(36-34-26)25-5-3-2-4-24(25)30/h2-11,14-15,23H,12-13,16-18H2,1H3,(H3,31,32,33,34,35,36,39)/p-1. The number of carbonyl (C=O) groups excluding carboxylic acids is 1. The Bertz CT molecular complexity index is 1510. The van der Waals surface area contributed by atoms with Gasteiger partial charge in [-0.1, -0.05) is 41.6 Å². The van der Waals surface area contributed by atoms with Crippen molar-refractivity contribution in [3.05, 3.63) is 101 Å². The van der Waals surface area contributed by atoms with Gasteiger partial charge in [0.05, 0.1) is 11.4 Å². The lowest BCUT2D eigenvalue weighted by Gasteiger charge is -2.32. The van der Waals surface area contributed by atoms with Crippen molar-refractivity contribution in [1.82, 2.24) is 30.9 Å². The molecule has 4 heterocycles. The van der Waals surface area contributed by atoms with E-state index >= 15 is 0 Å². The highest BCUT2D eigenvalue weighted by molar-refractivity contribution is 6.01. The van der Waals surface area contributed by atoms with Crippen LogP contribution in [0, 0.1) is 5.82 Å². The predicted octanol–water partition coefficient (Wildman–Crippen LogP) is 4.51. The number of piperidine rings is 1. The van der Waals surface area contributed by atoms with Crippen LogP contribution in [-0.2, 0) is 11.3 Å². The SMILES string of the molecule is CC(=O)NC1CCN(Cc2ccc(-c3noc(C4=C(c5ccncc5)N(c5ccccc5F)N[N-]4)n3)cc2)CC1. The van der Waals surface area contributed by atoms with Gasteiger partial charge in [-0.2, -0.15) is 4.98 Å². The number of anilines is 1. The molecule has 0 atom stereocenters. The van der Waals surface area contributed by atoms with E-state index in [1.165, 1.54) is 11.6 Å². The smallest absolute Gasteiger partial charge is 0.239 e. The number of halogens is 1. The zero-order valence-corrected chi connectivity index (χ0v) is 21.9. The number of hydrogen-bond acceptors (Lipinski definition) is 8. The number of likely N-dealkylation sites (tertiary alicyclic amines) is 1. The number of rotatable bonds is 7. The second-order valence-corrected chi connectivity index (χ2v) is 9.80. The van der Waals surface area contributed by atoms with E-state index in [-0.39, 0.29) is 17.8 Å². The molecule has 0 saturated carbocycles. The van der Waals surface area contributed by atoms with Crippen molar-refractivity contribution in [2.45, 2.75) is 32.4 Å². The third-order valence-electron chi connectivity index (χ3n) is 7.00. The van der Waals surface area contributed by atoms with Crippen LogP contribution in [0.15, 0.2) is 77.6 Å². The number of aromatic nitrogens is 3. The summed E-state index contributed by atoms with van der Waals surface area (Å²) in [5.74, 6) is 0.267. The van der Waals surface area contributed by atoms with Gasteiger partial charge in [0, 0.05) is 56.1 Å². The Kier molecular flexibility index (Phi) is 7.21. The molecule has 11 heteroatoms. The van der Waals surface area contributed by atoms with E-state index < -0.39 is 5.82 Å². The van der Waals surface area contributed by atoms with E-state index in [2.05, 4.69) is 48.4 Å². The second kappa shape index (κ2) is 11.2. The van der Waals surface area contributed by atoms with Crippen LogP contribution in [0.1, 0.15) is 36.8 Å². The Morgan fingerprint density at radius 1 is 1.07 bits per heavy atom. The highest BCUT2D eigenvalue weighted by Crippen LogP contribution is 2.39. The van der Waals surface area contributed by atoms with Gasteiger partial charge in [0.1, 0.15) is 5.82 Å². The molecule has 2 N–H and O–H groups in total. The molecule has 2 aliphatic heterocycles. The molecule has 1 fully saturated rings. The van der Waals surface area contributed by atoms with Gasteiger partial charge in [-0.05, 0) is 48.4 Å². The number of nitrogens with zero attached hydrogens (tertiary/aromatic N) is 6. The topological polar surface area (TPSA) is 114 Å². The van der Waals surface area contributed by atoms with Gasteiger partial charge in [0.25, 0.3) is 0 Å². The fraction of sp³-hybridized carbons (Fsp3) is 0.241. The molecule has 1 amide bonds. The molecule has 0 radical (unpaired) electrons. The van der Waals surface area contributed by atoms with E-state index in [0.717, 1.165) is 43.6 Å². The molecule has 204 valence electrons. The predicted molar refractivity (Wildman–Crippen MR) is 148 cm³/mol. The lowest BCUT2D eigenvalue weighted by molar-refractivity contribution is -0.119. The molecule has 1 saturated heterocycles. The molecule has 2 aromatic carbocycles. The highest BCUT2D eigenvalue weighted by Gasteiger charge is 2.24. The summed E-state index contributed by atoms with van der Waals surface area (Å²) in [5, 5.41) is 8.76. The van der Waals surface area contributed by atoms with Gasteiger partial charge >= 0.3 is 0 Å². The second-order valence-electron chi connectivity index (χ2n) is 9.80. The molecular weight excluding hydrogens is 511 g/mol. The minimum atomic E-state index is -0.401. The first-order valence-corrected chi connectivity index (χ1v) is 13.1. The first kappa shape index (κ1) is 25.7. The number of nitrogens with one attached hydrogen (secondary N) is 2. The molecular formula is C29H28FN8O2-. The van der Waals surface area contributed by atoms with Crippen LogP contribution in [0.4, 0.5) is 10.1 Å². The summed E-state index contributed by atoms with van der Waals surface area (Å²) in [4.78, 5) is 22.4. The Morgan fingerprint density at radius 2 is 1.82 bits per heavy atom. The Hall–Kier alpha value is -4.61. The summed E-state index contributed by atoms with van der Waals surface area (Å²) in [7, 11) is 0. The van der Waals surface area contributed by atoms with E-state index in [9.17, 15) is 9.18 Å². The Balaban J connectivity index is 1.21. The van der Waals surface area contributed by atoms with Crippen molar-refractivity contribution < 1.29 is 13.7 Å². The number of amides is 1. The first-order chi connectivity index (χ1) is 19.5. The summed E-state index contributed by atoms with van der Waals surface area (Å²) in [6.45, 7) is 4.29. The zero-order chi connectivity index (χ0) is 27.5. The number of pyridine rings is 1. The number of carbonyl (C=O) groups is 1. The van der Waals surface area contributed by atoms with Crippen molar-refractivity contribution in [2.24, 2.45) is 0 Å². The van der Waals surface area contributed by atoms with Crippen molar-refractivity contribution in [2.75, 3.05) is 18.1 Å². The quantitative estimate of drug-likeness (QED) is 0.353. The van der Waals surface area contributed by atoms with Crippen LogP contribution in [0.2, 0.25) is 0 Å². The molecule has 4 aromatic rings. The van der Waals surface area contributed by atoms with Crippen molar-refractivity contribution in [1.29, 1.82) is 0 Å². The number of hydrazine groups is 1. The molecule has 0 unspecified atom stereocenters. The molecule has 0 spiro atoms. The van der Waals surface area contributed by atoms with Crippen LogP contribution in [-0.4, -0.2) is 45.1 Å². The third kappa shape index (κ3) is 5.42. The maximum Gasteiger partial charge on any atom is 0.239 e. The van der Waals surface area contributed by atoms with Gasteiger partial charge in [-0.3, -0.25) is 19.7 Å². The van der Waals surface area contributed by atoms with Crippen molar-refractivity contribution in [3.8, 4) is 11.4 Å². The van der Waals surface area contributed by atoms with Crippen LogP contribution >= 0.6 is 0 Å². The molecule has 40 heavy (non-hydrogen) atoms. The monoisotopic (exact) mass is 539 g/mol. The van der Waals surface area contributed by atoms with E-state index in [4.69, 9.17) is 4.52 Å². The molecule has 2 aromatic heterocycles. The van der Waals surface area contributed by atoms with Crippen LogP contribution in [0.5, 0.6) is 0 Å². The highest BCUT2D eigenvalue weighted by atomic mass is 19.1. The molecule has 6 rings (SSSR count). The van der Waals surface area contributed by atoms with E-state index in [0.29, 0.717) is 22.9 Å². The molecule has 10 nitrogen and oxygen atoms in total. The summed E-state index contributed by atoms with van der Waals surface area (Å²) in [6.07, 6.45) is 5.22. The van der Waals surface area contributed by atoms with Gasteiger partial charge in [0.2, 0.25) is 17.6 Å². The number of benzene rings is 2. The maximum absolute atomic E-state index is 14.7. The normalized spacial score (nSPS) is 16.3. The summed E-state index contributed by atoms with van der Waals surface area (Å²) in [5.41, 5.74) is 11.3. The summed E-state index contributed by atoms with van der Waals surface area (Å²) < 4.78 is 20.3. The average Bonchev–Trinajstić information content (AvgIpc) is 3.63. The van der Waals surface area contributed by atoms with Crippen molar-refractivity contribution in [3.63, 3.8) is 0 Å². The lowest BCUT2D eigenvalue weighted by atomic mass is 10.0. The van der Waals surface area contributed by atoms with Crippen molar-refractivity contribution >= 4 is 23.0 Å². The fourth-order valence-corrected chi connectivity index (χ4v) is 5.02. The summed E-state index contributed by atoms with van der Waals surface area (Å²) in [6, 6.07) is 18.4. The van der Waals surface area contributed by atoms with Crippen LogP contribution in [0.25, 0.3) is 28.2 Å². The average molecular weight is 540 g/mol. The molecule has 0 bridgehead atoms. The van der Waals surface area contributed by atoms with Gasteiger partial charge in [-0.25, -0.2) is 4.39 Å². The molecule has 2 aliphatic rings. The zero-order valence-electron chi connectivity index (χ0n) is 21.9. The first-order valence-electron chi connectivity index (χ1n) is 13.1. The lowest BCUT2D eigenvalue weighted by Crippen LogP contribution is -2.43. The fourth-order valence-electron chi connectivity index (χ4n) is 5.02. The van der Waals surface area contributed by atoms with Gasteiger partial charge in [-0.15, -0.1) is 0 Å². The Labute approximate surface area is 230 Å². The maximum atomic E-state index is 14.7. The Morgan fingerprint density at radius 3 is 2.55 bits per heavy atom. The summed E-state index contributed by atoms with van der Waals surface area (Å²) >= 11 is 0. The van der Waals surface area contributed by atoms with E-state index in [1.54, 1.807) is 42.5 Å². The molecule has 0 aliphatic carbocycles. The minimum Gasteiger partial charge on any atom is -0.597 e. The number of para-hydroxylation sites is 1. The van der Waals surface area contributed by atoms with Gasteiger partial charge in [0.15, 0.2) is 0 Å². The minimum absolute atomic E-state index is 0.0313. The largest absolute Gasteiger partial charge is 0.597 e. The van der Waals surface area contributed by atoms with Gasteiger partial charge < -0.3 is 20.8 Å². The van der Waals surface area contributed by atoms with Crippen LogP contribution in [0.3, 0.4) is 0 Å². The van der Waals surface area contributed by atoms with Crippen LogP contribution < -0.4 is 15.9 Å².